The Morgan fingerprint density at radius 2 is 1.96 bits per heavy atom. The zero-order valence-corrected chi connectivity index (χ0v) is 14.8. The molecule has 3 aromatic rings. The highest BCUT2D eigenvalue weighted by Gasteiger charge is 2.15. The van der Waals surface area contributed by atoms with Gasteiger partial charge in [-0.05, 0) is 37.3 Å². The van der Waals surface area contributed by atoms with Gasteiger partial charge in [-0.1, -0.05) is 35.9 Å². The average Bonchev–Trinajstić information content (AvgIpc) is 3.11. The van der Waals surface area contributed by atoms with Crippen molar-refractivity contribution in [3.8, 4) is 11.4 Å². The second-order valence-corrected chi connectivity index (χ2v) is 6.12. The second-order valence-electron chi connectivity index (χ2n) is 5.71. The fourth-order valence-electron chi connectivity index (χ4n) is 2.33. The van der Waals surface area contributed by atoms with E-state index in [1.807, 2.05) is 18.2 Å². The van der Waals surface area contributed by atoms with E-state index in [9.17, 15) is 9.18 Å². The van der Waals surface area contributed by atoms with E-state index in [0.717, 1.165) is 0 Å². The molecule has 0 radical (unpaired) electrons. The summed E-state index contributed by atoms with van der Waals surface area (Å²) < 4.78 is 20.5. The van der Waals surface area contributed by atoms with Gasteiger partial charge in [0.2, 0.25) is 0 Å². The minimum atomic E-state index is -0.440. The molecule has 5 nitrogen and oxygen atoms in total. The van der Waals surface area contributed by atoms with E-state index in [2.05, 4.69) is 10.4 Å². The lowest BCUT2D eigenvalue weighted by atomic mass is 10.3. The highest BCUT2D eigenvalue weighted by atomic mass is 35.5. The Morgan fingerprint density at radius 1 is 1.23 bits per heavy atom. The number of nitrogens with one attached hydrogen (secondary N) is 1. The minimum Gasteiger partial charge on any atom is -0.488 e. The molecular weight excluding hydrogens is 357 g/mol. The average molecular weight is 374 g/mol. The lowest BCUT2D eigenvalue weighted by Gasteiger charge is -2.14. The van der Waals surface area contributed by atoms with Crippen molar-refractivity contribution >= 4 is 17.5 Å². The number of benzene rings is 2. The van der Waals surface area contributed by atoms with Crippen LogP contribution in [0.1, 0.15) is 17.4 Å². The Hall–Kier alpha value is -2.86. The molecule has 1 atom stereocenters. The van der Waals surface area contributed by atoms with E-state index >= 15 is 0 Å². The van der Waals surface area contributed by atoms with Crippen molar-refractivity contribution in [3.63, 3.8) is 0 Å². The van der Waals surface area contributed by atoms with Gasteiger partial charge < -0.3 is 10.1 Å². The van der Waals surface area contributed by atoms with Crippen molar-refractivity contribution in [1.29, 1.82) is 0 Å². The molecule has 1 heterocycles. The van der Waals surface area contributed by atoms with E-state index in [0.29, 0.717) is 10.7 Å². The fraction of sp³-hybridized carbons (Fsp3) is 0.158. The molecule has 134 valence electrons. The molecule has 3 rings (SSSR count). The molecule has 1 aromatic heterocycles. The first-order valence-electron chi connectivity index (χ1n) is 8.03. The number of carbonyl (C=O) groups excluding carboxylic acids is 1. The maximum Gasteiger partial charge on any atom is 0.272 e. The molecule has 1 unspecified atom stereocenters. The molecule has 7 heteroatoms. The van der Waals surface area contributed by atoms with Crippen LogP contribution >= 0.6 is 11.6 Å². The number of hydrogen-bond acceptors (Lipinski definition) is 3. The van der Waals surface area contributed by atoms with Gasteiger partial charge in [0, 0.05) is 6.20 Å². The molecule has 0 aliphatic heterocycles. The summed E-state index contributed by atoms with van der Waals surface area (Å²) in [7, 11) is 0. The molecule has 0 aliphatic carbocycles. The highest BCUT2D eigenvalue weighted by Crippen LogP contribution is 2.19. The van der Waals surface area contributed by atoms with Crippen molar-refractivity contribution < 1.29 is 13.9 Å². The quantitative estimate of drug-likeness (QED) is 0.713. The van der Waals surface area contributed by atoms with Crippen molar-refractivity contribution in [2.75, 3.05) is 6.61 Å². The summed E-state index contributed by atoms with van der Waals surface area (Å²) in [5, 5.41) is 7.55. The number of halogens is 2. The molecule has 1 amide bonds. The Labute approximate surface area is 155 Å². The van der Waals surface area contributed by atoms with Gasteiger partial charge in [0.25, 0.3) is 5.91 Å². The third-order valence-electron chi connectivity index (χ3n) is 3.62. The third-order valence-corrected chi connectivity index (χ3v) is 3.94. The van der Waals surface area contributed by atoms with Crippen molar-refractivity contribution in [3.05, 3.63) is 77.3 Å². The molecular formula is C19H17ClFN3O2. The molecule has 0 aliphatic rings. The maximum absolute atomic E-state index is 13.5. The van der Waals surface area contributed by atoms with E-state index in [-0.39, 0.29) is 30.0 Å². The van der Waals surface area contributed by atoms with Crippen LogP contribution in [0.15, 0.2) is 60.8 Å². The van der Waals surface area contributed by atoms with Gasteiger partial charge in [-0.3, -0.25) is 4.79 Å². The topological polar surface area (TPSA) is 56.1 Å². The Morgan fingerprint density at radius 3 is 2.73 bits per heavy atom. The van der Waals surface area contributed by atoms with E-state index in [4.69, 9.17) is 16.3 Å². The summed E-state index contributed by atoms with van der Waals surface area (Å²) in [6, 6.07) is 14.6. The number of aromatic nitrogens is 2. The van der Waals surface area contributed by atoms with Crippen LogP contribution in [0, 0.1) is 5.82 Å². The van der Waals surface area contributed by atoms with Gasteiger partial charge in [0.15, 0.2) is 17.3 Å². The Bertz CT molecular complexity index is 913. The highest BCUT2D eigenvalue weighted by molar-refractivity contribution is 6.32. The molecule has 26 heavy (non-hydrogen) atoms. The zero-order valence-electron chi connectivity index (χ0n) is 14.0. The summed E-state index contributed by atoms with van der Waals surface area (Å²) in [6.07, 6.45) is 1.66. The molecule has 0 fully saturated rings. The van der Waals surface area contributed by atoms with Gasteiger partial charge in [-0.2, -0.15) is 5.10 Å². The van der Waals surface area contributed by atoms with Crippen LogP contribution in [0.4, 0.5) is 4.39 Å². The van der Waals surface area contributed by atoms with E-state index in [1.165, 1.54) is 16.8 Å². The Kier molecular flexibility index (Phi) is 5.53. The molecule has 2 aromatic carbocycles. The van der Waals surface area contributed by atoms with Crippen LogP contribution in [0.25, 0.3) is 5.69 Å². The molecule has 0 saturated carbocycles. The number of ether oxygens (including phenoxy) is 1. The predicted molar refractivity (Wildman–Crippen MR) is 97.4 cm³/mol. The zero-order chi connectivity index (χ0) is 18.5. The van der Waals surface area contributed by atoms with E-state index in [1.54, 1.807) is 37.4 Å². The summed E-state index contributed by atoms with van der Waals surface area (Å²) in [4.78, 5) is 12.3. The number of carbonyl (C=O) groups is 1. The standard InChI is InChI=1S/C19H17ClFN3O2/c1-13(12-26-18-9-5-3-7-15(18)21)22-19(25)16-10-11-24(23-16)17-8-4-2-6-14(17)20/h2-11,13H,12H2,1H3,(H,22,25). The van der Waals surface area contributed by atoms with Crippen molar-refractivity contribution in [1.82, 2.24) is 15.1 Å². The van der Waals surface area contributed by atoms with Crippen LogP contribution in [-0.4, -0.2) is 28.3 Å². The summed E-state index contributed by atoms with van der Waals surface area (Å²) >= 11 is 6.14. The van der Waals surface area contributed by atoms with Crippen LogP contribution in [0.2, 0.25) is 5.02 Å². The predicted octanol–water partition coefficient (Wildman–Crippen LogP) is 3.86. The molecule has 0 bridgehead atoms. The summed E-state index contributed by atoms with van der Waals surface area (Å²) in [6.45, 7) is 1.90. The third kappa shape index (κ3) is 4.21. The molecule has 1 N–H and O–H groups in total. The van der Waals surface area contributed by atoms with Crippen LogP contribution in [0.3, 0.4) is 0 Å². The first kappa shape index (κ1) is 17.9. The summed E-state index contributed by atoms with van der Waals surface area (Å²) in [5.41, 5.74) is 0.937. The fourth-order valence-corrected chi connectivity index (χ4v) is 2.56. The maximum atomic E-state index is 13.5. The number of hydrogen-bond donors (Lipinski definition) is 1. The molecule has 0 spiro atoms. The van der Waals surface area contributed by atoms with Gasteiger partial charge in [-0.15, -0.1) is 0 Å². The first-order chi connectivity index (χ1) is 12.5. The van der Waals surface area contributed by atoms with Crippen LogP contribution in [0.5, 0.6) is 5.75 Å². The first-order valence-corrected chi connectivity index (χ1v) is 8.41. The second kappa shape index (κ2) is 8.01. The van der Waals surface area contributed by atoms with Gasteiger partial charge >= 0.3 is 0 Å². The lowest BCUT2D eigenvalue weighted by Crippen LogP contribution is -2.37. The normalized spacial score (nSPS) is 11.8. The summed E-state index contributed by atoms with van der Waals surface area (Å²) in [5.74, 6) is -0.637. The van der Waals surface area contributed by atoms with Crippen LogP contribution < -0.4 is 10.1 Å². The number of para-hydroxylation sites is 2. The monoisotopic (exact) mass is 373 g/mol. The van der Waals surface area contributed by atoms with Gasteiger partial charge in [0.05, 0.1) is 16.8 Å². The number of rotatable bonds is 6. The smallest absolute Gasteiger partial charge is 0.272 e. The molecule has 0 saturated heterocycles. The minimum absolute atomic E-state index is 0.137. The SMILES string of the molecule is CC(COc1ccccc1F)NC(=O)c1ccn(-c2ccccc2Cl)n1. The van der Waals surface area contributed by atoms with Gasteiger partial charge in [0.1, 0.15) is 6.61 Å². The largest absolute Gasteiger partial charge is 0.488 e. The number of nitrogens with zero attached hydrogens (tertiary/aromatic N) is 2. The van der Waals surface area contributed by atoms with Crippen molar-refractivity contribution in [2.24, 2.45) is 0 Å². The van der Waals surface area contributed by atoms with Gasteiger partial charge in [-0.25, -0.2) is 9.07 Å². The van der Waals surface area contributed by atoms with E-state index < -0.39 is 5.82 Å². The lowest BCUT2D eigenvalue weighted by molar-refractivity contribution is 0.0920. The van der Waals surface area contributed by atoms with Crippen LogP contribution in [-0.2, 0) is 0 Å². The Balaban J connectivity index is 1.60. The van der Waals surface area contributed by atoms with Crippen molar-refractivity contribution in [2.45, 2.75) is 13.0 Å². The number of amides is 1.